The van der Waals surface area contributed by atoms with Gasteiger partial charge >= 0.3 is 0 Å². The maximum Gasteiger partial charge on any atom is 0.246 e. The molecule has 3 aromatic rings. The van der Waals surface area contributed by atoms with Gasteiger partial charge in [0.1, 0.15) is 5.82 Å². The highest BCUT2D eigenvalue weighted by Gasteiger charge is 2.14. The molecule has 0 aliphatic carbocycles. The standard InChI is InChI=1S/C22H21ClFN3O/c1-15-18(16(2)27(25-15)17-8-5-4-6-9-17)12-13-22(28)26(3)14-19-20(23)10-7-11-21(19)24/h4-13H,14H2,1-3H3/b13-12+. The number of hydrogen-bond donors (Lipinski definition) is 0. The summed E-state index contributed by atoms with van der Waals surface area (Å²) in [5, 5.41) is 4.87. The van der Waals surface area contributed by atoms with Gasteiger partial charge in [0.05, 0.1) is 11.4 Å². The molecule has 1 amide bonds. The molecule has 0 unspecified atom stereocenters. The maximum absolute atomic E-state index is 13.9. The molecule has 0 saturated heterocycles. The summed E-state index contributed by atoms with van der Waals surface area (Å²) in [6, 6.07) is 14.3. The molecule has 0 spiro atoms. The van der Waals surface area contributed by atoms with Crippen molar-refractivity contribution in [3.05, 3.63) is 88.0 Å². The van der Waals surface area contributed by atoms with E-state index >= 15 is 0 Å². The Morgan fingerprint density at radius 2 is 1.89 bits per heavy atom. The monoisotopic (exact) mass is 397 g/mol. The van der Waals surface area contributed by atoms with Crippen LogP contribution in [0.2, 0.25) is 5.02 Å². The van der Waals surface area contributed by atoms with Crippen molar-refractivity contribution in [3.63, 3.8) is 0 Å². The summed E-state index contributed by atoms with van der Waals surface area (Å²) in [5.41, 5.74) is 3.91. The van der Waals surface area contributed by atoms with Crippen molar-refractivity contribution in [3.8, 4) is 5.69 Å². The number of carbonyl (C=O) groups is 1. The Morgan fingerprint density at radius 1 is 1.18 bits per heavy atom. The molecule has 144 valence electrons. The Hall–Kier alpha value is -2.92. The zero-order valence-electron chi connectivity index (χ0n) is 16.0. The van der Waals surface area contributed by atoms with E-state index in [9.17, 15) is 9.18 Å². The number of hydrogen-bond acceptors (Lipinski definition) is 2. The van der Waals surface area contributed by atoms with E-state index in [1.807, 2.05) is 48.9 Å². The van der Waals surface area contributed by atoms with E-state index in [0.717, 1.165) is 22.6 Å². The second-order valence-corrected chi connectivity index (χ2v) is 6.97. The molecule has 0 bridgehead atoms. The molecule has 1 aromatic heterocycles. The highest BCUT2D eigenvalue weighted by atomic mass is 35.5. The Labute approximate surface area is 168 Å². The number of nitrogens with zero attached hydrogens (tertiary/aromatic N) is 3. The van der Waals surface area contributed by atoms with Crippen LogP contribution in [0.5, 0.6) is 0 Å². The van der Waals surface area contributed by atoms with Crippen molar-refractivity contribution < 1.29 is 9.18 Å². The molecular formula is C22H21ClFN3O. The minimum absolute atomic E-state index is 0.0932. The van der Waals surface area contributed by atoms with Gasteiger partial charge in [0.25, 0.3) is 0 Å². The van der Waals surface area contributed by atoms with Crippen molar-refractivity contribution >= 4 is 23.6 Å². The fraction of sp³-hybridized carbons (Fsp3) is 0.182. The summed E-state index contributed by atoms with van der Waals surface area (Å²) in [4.78, 5) is 13.9. The number of aryl methyl sites for hydroxylation is 1. The molecule has 3 rings (SSSR count). The summed E-state index contributed by atoms with van der Waals surface area (Å²) in [6.07, 6.45) is 3.22. The zero-order valence-corrected chi connectivity index (χ0v) is 16.7. The van der Waals surface area contributed by atoms with E-state index in [-0.39, 0.29) is 12.5 Å². The summed E-state index contributed by atoms with van der Waals surface area (Å²) >= 11 is 6.05. The van der Waals surface area contributed by atoms with Crippen LogP contribution in [0.4, 0.5) is 4.39 Å². The van der Waals surface area contributed by atoms with Crippen LogP contribution in [0.1, 0.15) is 22.5 Å². The Kier molecular flexibility index (Phi) is 5.95. The number of benzene rings is 2. The number of para-hydroxylation sites is 1. The van der Waals surface area contributed by atoms with E-state index in [1.54, 1.807) is 25.3 Å². The zero-order chi connectivity index (χ0) is 20.3. The molecule has 0 aliphatic rings. The largest absolute Gasteiger partial charge is 0.338 e. The first-order chi connectivity index (χ1) is 13.4. The highest BCUT2D eigenvalue weighted by Crippen LogP contribution is 2.21. The summed E-state index contributed by atoms with van der Waals surface area (Å²) < 4.78 is 15.8. The lowest BCUT2D eigenvalue weighted by molar-refractivity contribution is -0.125. The molecule has 0 N–H and O–H groups in total. The molecular weight excluding hydrogens is 377 g/mol. The van der Waals surface area contributed by atoms with E-state index in [2.05, 4.69) is 5.10 Å². The first-order valence-electron chi connectivity index (χ1n) is 8.86. The van der Waals surface area contributed by atoms with Crippen molar-refractivity contribution in [2.24, 2.45) is 0 Å². The Bertz CT molecular complexity index is 1010. The molecule has 6 heteroatoms. The van der Waals surface area contributed by atoms with Crippen molar-refractivity contribution in [2.45, 2.75) is 20.4 Å². The van der Waals surface area contributed by atoms with Crippen molar-refractivity contribution in [1.29, 1.82) is 0 Å². The van der Waals surface area contributed by atoms with Gasteiger partial charge in [0.15, 0.2) is 0 Å². The van der Waals surface area contributed by atoms with E-state index in [1.165, 1.54) is 17.0 Å². The molecule has 1 heterocycles. The molecule has 0 saturated carbocycles. The number of likely N-dealkylation sites (N-methyl/N-ethyl adjacent to an activating group) is 1. The molecule has 2 aromatic carbocycles. The fourth-order valence-corrected chi connectivity index (χ4v) is 3.22. The van der Waals surface area contributed by atoms with Gasteiger partial charge in [-0.1, -0.05) is 35.9 Å². The third-order valence-electron chi connectivity index (χ3n) is 4.57. The average Bonchev–Trinajstić information content (AvgIpc) is 2.97. The summed E-state index contributed by atoms with van der Waals surface area (Å²) in [6.45, 7) is 3.95. The van der Waals surface area contributed by atoms with Gasteiger partial charge in [-0.3, -0.25) is 4.79 Å². The number of halogens is 2. The van der Waals surface area contributed by atoms with Crippen LogP contribution in [0.15, 0.2) is 54.6 Å². The third-order valence-corrected chi connectivity index (χ3v) is 4.93. The molecule has 0 fully saturated rings. The van der Waals surface area contributed by atoms with Gasteiger partial charge in [-0.05, 0) is 44.2 Å². The molecule has 0 aliphatic heterocycles. The topological polar surface area (TPSA) is 38.1 Å². The maximum atomic E-state index is 13.9. The minimum Gasteiger partial charge on any atom is -0.338 e. The number of aromatic nitrogens is 2. The van der Waals surface area contributed by atoms with Crippen LogP contribution >= 0.6 is 11.6 Å². The van der Waals surface area contributed by atoms with E-state index in [0.29, 0.717) is 10.6 Å². The minimum atomic E-state index is -0.424. The predicted molar refractivity (Wildman–Crippen MR) is 110 cm³/mol. The Balaban J connectivity index is 1.78. The lowest BCUT2D eigenvalue weighted by Gasteiger charge is -2.16. The first-order valence-corrected chi connectivity index (χ1v) is 9.24. The van der Waals surface area contributed by atoms with E-state index in [4.69, 9.17) is 11.6 Å². The van der Waals surface area contributed by atoms with Gasteiger partial charge in [0.2, 0.25) is 5.91 Å². The van der Waals surface area contributed by atoms with Crippen LogP contribution in [0, 0.1) is 19.7 Å². The second-order valence-electron chi connectivity index (χ2n) is 6.56. The quantitative estimate of drug-likeness (QED) is 0.571. The molecule has 0 atom stereocenters. The predicted octanol–water partition coefficient (Wildman–Crippen LogP) is 4.95. The van der Waals surface area contributed by atoms with Gasteiger partial charge in [-0.25, -0.2) is 9.07 Å². The van der Waals surface area contributed by atoms with Gasteiger partial charge in [-0.15, -0.1) is 0 Å². The van der Waals surface area contributed by atoms with Crippen molar-refractivity contribution in [2.75, 3.05) is 7.05 Å². The van der Waals surface area contributed by atoms with Gasteiger partial charge in [-0.2, -0.15) is 5.10 Å². The fourth-order valence-electron chi connectivity index (χ4n) is 3.00. The lowest BCUT2D eigenvalue weighted by atomic mass is 10.1. The lowest BCUT2D eigenvalue weighted by Crippen LogP contribution is -2.24. The van der Waals surface area contributed by atoms with Crippen LogP contribution < -0.4 is 0 Å². The summed E-state index contributed by atoms with van der Waals surface area (Å²) in [7, 11) is 1.61. The average molecular weight is 398 g/mol. The third kappa shape index (κ3) is 4.15. The second kappa shape index (κ2) is 8.40. The highest BCUT2D eigenvalue weighted by molar-refractivity contribution is 6.31. The van der Waals surface area contributed by atoms with Gasteiger partial charge in [0, 0.05) is 41.5 Å². The smallest absolute Gasteiger partial charge is 0.246 e. The van der Waals surface area contributed by atoms with Crippen LogP contribution in [0.3, 0.4) is 0 Å². The van der Waals surface area contributed by atoms with E-state index < -0.39 is 5.82 Å². The molecule has 28 heavy (non-hydrogen) atoms. The molecule has 4 nitrogen and oxygen atoms in total. The SMILES string of the molecule is Cc1nn(-c2ccccc2)c(C)c1/C=C/C(=O)N(C)Cc1c(F)cccc1Cl. The number of rotatable bonds is 5. The van der Waals surface area contributed by atoms with Crippen LogP contribution in [-0.2, 0) is 11.3 Å². The van der Waals surface area contributed by atoms with Gasteiger partial charge < -0.3 is 4.90 Å². The number of amides is 1. The van der Waals surface area contributed by atoms with Crippen molar-refractivity contribution in [1.82, 2.24) is 14.7 Å². The molecule has 0 radical (unpaired) electrons. The Morgan fingerprint density at radius 3 is 2.57 bits per heavy atom. The summed E-state index contributed by atoms with van der Waals surface area (Å²) in [5.74, 6) is -0.669. The normalized spacial score (nSPS) is 11.2. The van der Waals surface area contributed by atoms with Crippen LogP contribution in [0.25, 0.3) is 11.8 Å². The van der Waals surface area contributed by atoms with Crippen LogP contribution in [-0.4, -0.2) is 27.6 Å². The number of carbonyl (C=O) groups excluding carboxylic acids is 1. The first kappa shape index (κ1) is 19.8.